The van der Waals surface area contributed by atoms with Crippen LogP contribution < -0.4 is 10.5 Å². The fourth-order valence-electron chi connectivity index (χ4n) is 1.16. The van der Waals surface area contributed by atoms with E-state index in [1.54, 1.807) is 0 Å². The summed E-state index contributed by atoms with van der Waals surface area (Å²) in [5.74, 6) is -1.86. The molecule has 1 aromatic carbocycles. The first-order chi connectivity index (χ1) is 8.00. The van der Waals surface area contributed by atoms with E-state index < -0.39 is 35.6 Å². The molecule has 1 atom stereocenters. The fourth-order valence-corrected chi connectivity index (χ4v) is 1.16. The van der Waals surface area contributed by atoms with Gasteiger partial charge >= 0.3 is 12.5 Å². The van der Waals surface area contributed by atoms with Crippen molar-refractivity contribution in [3.8, 4) is 11.5 Å². The largest absolute Gasteiger partial charge is 0.573 e. The molecular weight excluding hydrogens is 268 g/mol. The van der Waals surface area contributed by atoms with Crippen LogP contribution >= 0.6 is 0 Å². The molecule has 0 amide bonds. The molecule has 3 N–H and O–H groups in total. The zero-order valence-electron chi connectivity index (χ0n) is 8.51. The van der Waals surface area contributed by atoms with Crippen molar-refractivity contribution in [2.45, 2.75) is 18.6 Å². The van der Waals surface area contributed by atoms with Crippen molar-refractivity contribution in [3.05, 3.63) is 23.8 Å². The number of rotatable bonds is 2. The molecule has 18 heavy (non-hydrogen) atoms. The van der Waals surface area contributed by atoms with E-state index in [1.807, 2.05) is 0 Å². The molecule has 102 valence electrons. The van der Waals surface area contributed by atoms with Crippen LogP contribution in [0, 0.1) is 0 Å². The maximum absolute atomic E-state index is 12.2. The zero-order valence-corrected chi connectivity index (χ0v) is 8.51. The summed E-state index contributed by atoms with van der Waals surface area (Å²) in [6.45, 7) is 0. The van der Waals surface area contributed by atoms with Crippen LogP contribution in [0.3, 0.4) is 0 Å². The summed E-state index contributed by atoms with van der Waals surface area (Å²) in [4.78, 5) is 0. The van der Waals surface area contributed by atoms with Gasteiger partial charge in [0.15, 0.2) is 0 Å². The topological polar surface area (TPSA) is 55.5 Å². The summed E-state index contributed by atoms with van der Waals surface area (Å²) in [7, 11) is 0. The molecule has 0 bridgehead atoms. The standard InChI is InChI=1S/C9H7F6NO2/c10-8(11,12)7(16)5-2-1-4(3-6(5)17)18-9(13,14)15/h1-3,7,17H,16H2/t7-/m1/s1. The number of hydrogen-bond acceptors (Lipinski definition) is 3. The fraction of sp³-hybridized carbons (Fsp3) is 0.333. The summed E-state index contributed by atoms with van der Waals surface area (Å²) in [6.07, 6.45) is -9.82. The second-order valence-corrected chi connectivity index (χ2v) is 3.29. The third-order valence-corrected chi connectivity index (χ3v) is 1.92. The highest BCUT2D eigenvalue weighted by Gasteiger charge is 2.39. The number of phenolic OH excluding ortho intramolecular Hbond substituents is 1. The minimum atomic E-state index is -5.00. The van der Waals surface area contributed by atoms with E-state index in [9.17, 15) is 31.4 Å². The first-order valence-corrected chi connectivity index (χ1v) is 4.41. The van der Waals surface area contributed by atoms with Gasteiger partial charge in [-0.05, 0) is 12.1 Å². The normalized spacial score (nSPS) is 14.4. The molecule has 0 radical (unpaired) electrons. The Balaban J connectivity index is 3.00. The zero-order chi connectivity index (χ0) is 14.1. The predicted molar refractivity (Wildman–Crippen MR) is 47.8 cm³/mol. The molecule has 0 fully saturated rings. The van der Waals surface area contributed by atoms with Crippen molar-refractivity contribution >= 4 is 0 Å². The number of phenols is 1. The molecule has 0 saturated heterocycles. The van der Waals surface area contributed by atoms with Crippen molar-refractivity contribution < 1.29 is 36.2 Å². The Morgan fingerprint density at radius 3 is 2.06 bits per heavy atom. The summed E-state index contributed by atoms with van der Waals surface area (Å²) in [5, 5.41) is 9.19. The Morgan fingerprint density at radius 1 is 1.11 bits per heavy atom. The Hall–Kier alpha value is -1.64. The second-order valence-electron chi connectivity index (χ2n) is 3.29. The van der Waals surface area contributed by atoms with Crippen LogP contribution in [0.25, 0.3) is 0 Å². The highest BCUT2D eigenvalue weighted by Crippen LogP contribution is 2.37. The molecule has 0 unspecified atom stereocenters. The number of hydrogen-bond donors (Lipinski definition) is 2. The Labute approximate surface area is 96.8 Å². The number of ether oxygens (including phenoxy) is 1. The SMILES string of the molecule is N[C@H](c1ccc(OC(F)(F)F)cc1O)C(F)(F)F. The van der Waals surface area contributed by atoms with Gasteiger partial charge in [-0.3, -0.25) is 0 Å². The van der Waals surface area contributed by atoms with E-state index in [0.29, 0.717) is 18.2 Å². The Morgan fingerprint density at radius 2 is 1.67 bits per heavy atom. The quantitative estimate of drug-likeness (QED) is 0.816. The van der Waals surface area contributed by atoms with Gasteiger partial charge in [-0.1, -0.05) is 0 Å². The smallest absolute Gasteiger partial charge is 0.507 e. The van der Waals surface area contributed by atoms with E-state index >= 15 is 0 Å². The number of alkyl halides is 6. The molecule has 9 heteroatoms. The first kappa shape index (κ1) is 14.4. The van der Waals surface area contributed by atoms with Gasteiger partial charge in [0.25, 0.3) is 0 Å². The van der Waals surface area contributed by atoms with Gasteiger partial charge in [0.2, 0.25) is 0 Å². The molecule has 3 nitrogen and oxygen atoms in total. The molecule has 0 saturated carbocycles. The molecule has 0 aliphatic rings. The van der Waals surface area contributed by atoms with Crippen LogP contribution in [0.4, 0.5) is 26.3 Å². The van der Waals surface area contributed by atoms with E-state index in [-0.39, 0.29) is 0 Å². The minimum Gasteiger partial charge on any atom is -0.507 e. The molecule has 0 aromatic heterocycles. The van der Waals surface area contributed by atoms with Crippen LogP contribution in [0.1, 0.15) is 11.6 Å². The summed E-state index contributed by atoms with van der Waals surface area (Å²) in [5.41, 5.74) is 4.06. The van der Waals surface area contributed by atoms with E-state index in [4.69, 9.17) is 5.73 Å². The number of aromatic hydroxyl groups is 1. The van der Waals surface area contributed by atoms with Gasteiger partial charge in [0, 0.05) is 11.6 Å². The van der Waals surface area contributed by atoms with Crippen molar-refractivity contribution in [1.29, 1.82) is 0 Å². The average Bonchev–Trinajstić information content (AvgIpc) is 2.12. The van der Waals surface area contributed by atoms with Gasteiger partial charge in [0.1, 0.15) is 17.5 Å². The van der Waals surface area contributed by atoms with Crippen molar-refractivity contribution in [2.24, 2.45) is 5.73 Å². The molecule has 0 spiro atoms. The van der Waals surface area contributed by atoms with E-state index in [1.165, 1.54) is 0 Å². The second kappa shape index (κ2) is 4.56. The van der Waals surface area contributed by atoms with Crippen molar-refractivity contribution in [3.63, 3.8) is 0 Å². The van der Waals surface area contributed by atoms with Gasteiger partial charge in [-0.25, -0.2) is 0 Å². The molecule has 0 aliphatic heterocycles. The highest BCUT2D eigenvalue weighted by molar-refractivity contribution is 5.42. The van der Waals surface area contributed by atoms with Crippen LogP contribution in [0.5, 0.6) is 11.5 Å². The summed E-state index contributed by atoms with van der Waals surface area (Å²) in [6, 6.07) is -0.825. The van der Waals surface area contributed by atoms with Crippen LogP contribution in [-0.2, 0) is 0 Å². The first-order valence-electron chi connectivity index (χ1n) is 4.41. The third kappa shape index (κ3) is 3.69. The minimum absolute atomic E-state index is 0.411. The maximum atomic E-state index is 12.2. The maximum Gasteiger partial charge on any atom is 0.573 e. The lowest BCUT2D eigenvalue weighted by molar-refractivity contribution is -0.274. The molecule has 0 heterocycles. The summed E-state index contributed by atoms with van der Waals surface area (Å²) < 4.78 is 75.6. The van der Waals surface area contributed by atoms with Crippen molar-refractivity contribution in [2.75, 3.05) is 0 Å². The van der Waals surface area contributed by atoms with Crippen LogP contribution in [0.2, 0.25) is 0 Å². The van der Waals surface area contributed by atoms with E-state index in [0.717, 1.165) is 0 Å². The lowest BCUT2D eigenvalue weighted by Gasteiger charge is -2.17. The lowest BCUT2D eigenvalue weighted by Crippen LogP contribution is -2.28. The molecule has 0 aliphatic carbocycles. The monoisotopic (exact) mass is 275 g/mol. The lowest BCUT2D eigenvalue weighted by atomic mass is 10.1. The van der Waals surface area contributed by atoms with Crippen LogP contribution in [0.15, 0.2) is 18.2 Å². The highest BCUT2D eigenvalue weighted by atomic mass is 19.4. The van der Waals surface area contributed by atoms with Crippen LogP contribution in [-0.4, -0.2) is 17.6 Å². The number of benzene rings is 1. The van der Waals surface area contributed by atoms with Gasteiger partial charge in [0.05, 0.1) is 0 Å². The average molecular weight is 275 g/mol. The molecular formula is C9H7F6NO2. The molecule has 1 aromatic rings. The Kier molecular flexibility index (Phi) is 3.65. The van der Waals surface area contributed by atoms with Crippen molar-refractivity contribution in [1.82, 2.24) is 0 Å². The van der Waals surface area contributed by atoms with Gasteiger partial charge < -0.3 is 15.6 Å². The predicted octanol–water partition coefficient (Wildman–Crippen LogP) is 2.85. The van der Waals surface area contributed by atoms with Gasteiger partial charge in [-0.2, -0.15) is 13.2 Å². The van der Waals surface area contributed by atoms with Gasteiger partial charge in [-0.15, -0.1) is 13.2 Å². The van der Waals surface area contributed by atoms with E-state index in [2.05, 4.69) is 4.74 Å². The third-order valence-electron chi connectivity index (χ3n) is 1.92. The Bertz CT molecular complexity index is 428. The number of halogens is 6. The number of nitrogens with two attached hydrogens (primary N) is 1. The summed E-state index contributed by atoms with van der Waals surface area (Å²) >= 11 is 0. The molecule has 1 rings (SSSR count).